The molecule has 0 saturated heterocycles. The summed E-state index contributed by atoms with van der Waals surface area (Å²) in [6.07, 6.45) is 1.51. The molecule has 0 aliphatic heterocycles. The molecule has 0 unspecified atom stereocenters. The lowest BCUT2D eigenvalue weighted by Crippen LogP contribution is -1.80. The predicted molar refractivity (Wildman–Crippen MR) is 42.0 cm³/mol. The first-order valence-electron chi connectivity index (χ1n) is 2.78. The Morgan fingerprint density at radius 1 is 1.60 bits per heavy atom. The molecule has 52 valence electrons. The highest BCUT2D eigenvalue weighted by molar-refractivity contribution is 5.96. The van der Waals surface area contributed by atoms with E-state index in [1.54, 1.807) is 13.8 Å². The first-order valence-corrected chi connectivity index (χ1v) is 2.78. The molecule has 0 spiro atoms. The fourth-order valence-electron chi connectivity index (χ4n) is 0.260. The lowest BCUT2D eigenvalue weighted by molar-refractivity contribution is 1.28. The zero-order chi connectivity index (χ0) is 7.98. The normalized spacial score (nSPS) is 12.5. The van der Waals surface area contributed by atoms with Gasteiger partial charge in [0.15, 0.2) is 0 Å². The molecule has 0 amide bonds. The van der Waals surface area contributed by atoms with E-state index in [1.165, 1.54) is 6.20 Å². The number of allylic oxidation sites excluding steroid dienone is 1. The second kappa shape index (κ2) is 4.45. The van der Waals surface area contributed by atoms with Crippen molar-refractivity contribution < 1.29 is 0 Å². The SMILES string of the molecule is C=N/C(C)=C\N=C(/C)C#N. The van der Waals surface area contributed by atoms with Gasteiger partial charge in [-0.3, -0.25) is 4.99 Å². The van der Waals surface area contributed by atoms with E-state index in [9.17, 15) is 0 Å². The number of nitriles is 1. The van der Waals surface area contributed by atoms with Crippen molar-refractivity contribution in [1.29, 1.82) is 5.26 Å². The standard InChI is InChI=1S/C7H9N3/c1-6(4-8)10-5-7(2)9-3/h5H,3H2,1-2H3/b7-5-,10-6+. The monoisotopic (exact) mass is 135 g/mol. The van der Waals surface area contributed by atoms with Gasteiger partial charge in [0.1, 0.15) is 11.8 Å². The van der Waals surface area contributed by atoms with Gasteiger partial charge in [-0.2, -0.15) is 5.26 Å². The van der Waals surface area contributed by atoms with E-state index in [1.807, 2.05) is 6.07 Å². The third-order valence-electron chi connectivity index (χ3n) is 0.856. The van der Waals surface area contributed by atoms with Gasteiger partial charge in [0.05, 0.1) is 5.70 Å². The Morgan fingerprint density at radius 2 is 2.20 bits per heavy atom. The molecule has 0 saturated carbocycles. The van der Waals surface area contributed by atoms with Crippen LogP contribution in [0.15, 0.2) is 21.9 Å². The second-order valence-corrected chi connectivity index (χ2v) is 1.75. The molecular weight excluding hydrogens is 126 g/mol. The Labute approximate surface area is 60.4 Å². The van der Waals surface area contributed by atoms with Crippen LogP contribution in [0.1, 0.15) is 13.8 Å². The molecule has 0 rings (SSSR count). The van der Waals surface area contributed by atoms with E-state index in [4.69, 9.17) is 5.26 Å². The molecule has 0 radical (unpaired) electrons. The van der Waals surface area contributed by atoms with Gasteiger partial charge in [-0.05, 0) is 20.6 Å². The maximum absolute atomic E-state index is 8.26. The third-order valence-corrected chi connectivity index (χ3v) is 0.856. The minimum Gasteiger partial charge on any atom is -0.268 e. The van der Waals surface area contributed by atoms with Crippen molar-refractivity contribution in [2.75, 3.05) is 0 Å². The summed E-state index contributed by atoms with van der Waals surface area (Å²) < 4.78 is 0. The third kappa shape index (κ3) is 3.56. The van der Waals surface area contributed by atoms with Crippen LogP contribution in [0.4, 0.5) is 0 Å². The fraction of sp³-hybridized carbons (Fsp3) is 0.286. The first-order chi connectivity index (χ1) is 4.70. The van der Waals surface area contributed by atoms with E-state index in [0.29, 0.717) is 11.4 Å². The molecule has 0 aromatic rings. The number of hydrogen-bond donors (Lipinski definition) is 0. The van der Waals surface area contributed by atoms with Crippen molar-refractivity contribution in [1.82, 2.24) is 0 Å². The predicted octanol–water partition coefficient (Wildman–Crippen LogP) is 1.53. The zero-order valence-corrected chi connectivity index (χ0v) is 6.13. The quantitative estimate of drug-likeness (QED) is 0.529. The van der Waals surface area contributed by atoms with E-state index in [-0.39, 0.29) is 0 Å². The van der Waals surface area contributed by atoms with Crippen LogP contribution in [0.3, 0.4) is 0 Å². The van der Waals surface area contributed by atoms with E-state index in [0.717, 1.165) is 0 Å². The Bertz CT molecular complexity index is 217. The summed E-state index contributed by atoms with van der Waals surface area (Å²) in [5.41, 5.74) is 1.12. The highest BCUT2D eigenvalue weighted by atomic mass is 14.8. The van der Waals surface area contributed by atoms with Gasteiger partial charge in [-0.1, -0.05) is 0 Å². The van der Waals surface area contributed by atoms with Crippen LogP contribution in [-0.4, -0.2) is 12.4 Å². The fourth-order valence-corrected chi connectivity index (χ4v) is 0.260. The highest BCUT2D eigenvalue weighted by Gasteiger charge is 1.81. The van der Waals surface area contributed by atoms with Crippen LogP contribution in [0.25, 0.3) is 0 Å². The Morgan fingerprint density at radius 3 is 2.60 bits per heavy atom. The van der Waals surface area contributed by atoms with E-state index in [2.05, 4.69) is 16.7 Å². The molecular formula is C7H9N3. The van der Waals surface area contributed by atoms with Gasteiger partial charge in [-0.15, -0.1) is 0 Å². The van der Waals surface area contributed by atoms with Gasteiger partial charge in [0.25, 0.3) is 0 Å². The minimum absolute atomic E-state index is 0.419. The molecule has 3 nitrogen and oxygen atoms in total. The lowest BCUT2D eigenvalue weighted by Gasteiger charge is -1.84. The average Bonchev–Trinajstić information content (AvgIpc) is 1.99. The summed E-state index contributed by atoms with van der Waals surface area (Å²) in [5.74, 6) is 0. The summed E-state index contributed by atoms with van der Waals surface area (Å²) in [7, 11) is 0. The van der Waals surface area contributed by atoms with Gasteiger partial charge < -0.3 is 0 Å². The maximum Gasteiger partial charge on any atom is 0.115 e. The van der Waals surface area contributed by atoms with Gasteiger partial charge in [0, 0.05) is 6.20 Å². The average molecular weight is 135 g/mol. The van der Waals surface area contributed by atoms with Crippen molar-refractivity contribution in [2.24, 2.45) is 9.98 Å². The highest BCUT2D eigenvalue weighted by Crippen LogP contribution is 1.92. The molecule has 0 N–H and O–H groups in total. The first kappa shape index (κ1) is 8.57. The molecule has 3 heteroatoms. The molecule has 0 fully saturated rings. The lowest BCUT2D eigenvalue weighted by atomic mass is 10.5. The number of hydrogen-bond acceptors (Lipinski definition) is 3. The summed E-state index contributed by atoms with van der Waals surface area (Å²) in [5, 5.41) is 8.26. The number of aliphatic imine (C=N–C) groups is 2. The van der Waals surface area contributed by atoms with Gasteiger partial charge >= 0.3 is 0 Å². The molecule has 0 atom stereocenters. The topological polar surface area (TPSA) is 48.5 Å². The smallest absolute Gasteiger partial charge is 0.115 e. The molecule has 10 heavy (non-hydrogen) atoms. The van der Waals surface area contributed by atoms with Crippen molar-refractivity contribution in [3.8, 4) is 6.07 Å². The Balaban J connectivity index is 4.21. The molecule has 0 aliphatic carbocycles. The van der Waals surface area contributed by atoms with Crippen LogP contribution >= 0.6 is 0 Å². The van der Waals surface area contributed by atoms with Crippen LogP contribution < -0.4 is 0 Å². The van der Waals surface area contributed by atoms with Gasteiger partial charge in [0.2, 0.25) is 0 Å². The molecule has 0 aromatic carbocycles. The van der Waals surface area contributed by atoms with Crippen LogP contribution in [0.2, 0.25) is 0 Å². The largest absolute Gasteiger partial charge is 0.268 e. The molecule has 0 aromatic heterocycles. The number of nitrogens with zero attached hydrogens (tertiary/aromatic N) is 3. The van der Waals surface area contributed by atoms with Crippen LogP contribution in [-0.2, 0) is 0 Å². The molecule has 0 aliphatic rings. The molecule has 0 heterocycles. The van der Waals surface area contributed by atoms with Crippen LogP contribution in [0, 0.1) is 11.3 Å². The maximum atomic E-state index is 8.26. The summed E-state index contributed by atoms with van der Waals surface area (Å²) >= 11 is 0. The van der Waals surface area contributed by atoms with Crippen molar-refractivity contribution in [2.45, 2.75) is 13.8 Å². The zero-order valence-electron chi connectivity index (χ0n) is 6.13. The second-order valence-electron chi connectivity index (χ2n) is 1.75. The minimum atomic E-state index is 0.419. The van der Waals surface area contributed by atoms with Crippen molar-refractivity contribution >= 4 is 12.4 Å². The molecule has 0 bridgehead atoms. The van der Waals surface area contributed by atoms with Crippen LogP contribution in [0.5, 0.6) is 0 Å². The Kier molecular flexibility index (Phi) is 3.81. The number of rotatable bonds is 2. The summed E-state index contributed by atoms with van der Waals surface area (Å²) in [4.78, 5) is 7.36. The van der Waals surface area contributed by atoms with Gasteiger partial charge in [-0.25, -0.2) is 4.99 Å². The van der Waals surface area contributed by atoms with Crippen molar-refractivity contribution in [3.63, 3.8) is 0 Å². The summed E-state index contributed by atoms with van der Waals surface area (Å²) in [6.45, 7) is 6.69. The Hall–Kier alpha value is -1.43. The van der Waals surface area contributed by atoms with Crippen molar-refractivity contribution in [3.05, 3.63) is 11.9 Å². The summed E-state index contributed by atoms with van der Waals surface area (Å²) in [6, 6.07) is 1.89. The van der Waals surface area contributed by atoms with E-state index < -0.39 is 0 Å². The van der Waals surface area contributed by atoms with E-state index >= 15 is 0 Å².